The maximum atomic E-state index is 13.1. The fraction of sp³-hybridized carbons (Fsp3) is 0.227. The van der Waals surface area contributed by atoms with E-state index in [2.05, 4.69) is 20.4 Å². The number of aromatic amines is 1. The first-order valence-electron chi connectivity index (χ1n) is 9.91. The smallest absolute Gasteiger partial charge is 0.354 e. The van der Waals surface area contributed by atoms with Crippen molar-refractivity contribution in [1.29, 1.82) is 0 Å². The SMILES string of the molecule is COC(=O)c1cc(-c2csc(NC(=O)c3nn(CC(C)C)c(=O)c4ccccc34)n2)c[nH]1. The van der Waals surface area contributed by atoms with Gasteiger partial charge in [-0.1, -0.05) is 32.0 Å². The number of carbonyl (C=O) groups is 2. The van der Waals surface area contributed by atoms with Crippen LogP contribution in [0.25, 0.3) is 22.0 Å². The number of nitrogens with zero attached hydrogens (tertiary/aromatic N) is 3. The first kappa shape index (κ1) is 21.4. The molecule has 3 aromatic heterocycles. The molecule has 0 radical (unpaired) electrons. The monoisotopic (exact) mass is 451 g/mol. The lowest BCUT2D eigenvalue weighted by atomic mass is 10.1. The number of esters is 1. The molecule has 0 bridgehead atoms. The van der Waals surface area contributed by atoms with Gasteiger partial charge in [0.15, 0.2) is 10.8 Å². The Morgan fingerprint density at radius 1 is 1.25 bits per heavy atom. The topological polar surface area (TPSA) is 119 Å². The van der Waals surface area contributed by atoms with E-state index in [0.717, 1.165) is 0 Å². The van der Waals surface area contributed by atoms with Gasteiger partial charge in [-0.05, 0) is 18.1 Å². The lowest BCUT2D eigenvalue weighted by Gasteiger charge is -2.12. The molecule has 4 rings (SSSR count). The first-order chi connectivity index (χ1) is 15.4. The maximum Gasteiger partial charge on any atom is 0.354 e. The van der Waals surface area contributed by atoms with Crippen LogP contribution >= 0.6 is 11.3 Å². The highest BCUT2D eigenvalue weighted by atomic mass is 32.1. The molecule has 1 aromatic carbocycles. The van der Waals surface area contributed by atoms with Crippen molar-refractivity contribution in [2.75, 3.05) is 12.4 Å². The molecular formula is C22H21N5O4S. The van der Waals surface area contributed by atoms with E-state index in [9.17, 15) is 14.4 Å². The molecule has 0 aliphatic heterocycles. The summed E-state index contributed by atoms with van der Waals surface area (Å²) in [6, 6.07) is 8.55. The molecule has 0 atom stereocenters. The number of rotatable bonds is 6. The second kappa shape index (κ2) is 8.75. The summed E-state index contributed by atoms with van der Waals surface area (Å²) >= 11 is 1.24. The highest BCUT2D eigenvalue weighted by Gasteiger charge is 2.19. The normalized spacial score (nSPS) is 11.1. The van der Waals surface area contributed by atoms with Gasteiger partial charge in [0.2, 0.25) is 0 Å². The quantitative estimate of drug-likeness (QED) is 0.433. The number of thiazole rings is 1. The molecule has 10 heteroatoms. The van der Waals surface area contributed by atoms with Crippen molar-refractivity contribution in [2.45, 2.75) is 20.4 Å². The number of benzene rings is 1. The number of aromatic nitrogens is 4. The van der Waals surface area contributed by atoms with Crippen molar-refractivity contribution in [2.24, 2.45) is 5.92 Å². The summed E-state index contributed by atoms with van der Waals surface area (Å²) in [5.74, 6) is -0.742. The van der Waals surface area contributed by atoms with Crippen LogP contribution in [0.3, 0.4) is 0 Å². The van der Waals surface area contributed by atoms with Crippen LogP contribution in [-0.2, 0) is 11.3 Å². The van der Waals surface area contributed by atoms with E-state index in [1.165, 1.54) is 23.1 Å². The predicted octanol–water partition coefficient (Wildman–Crippen LogP) is 3.54. The summed E-state index contributed by atoms with van der Waals surface area (Å²) in [5, 5.41) is 10.2. The fourth-order valence-corrected chi connectivity index (χ4v) is 3.98. The van der Waals surface area contributed by atoms with Crippen LogP contribution in [0.2, 0.25) is 0 Å². The third-order valence-electron chi connectivity index (χ3n) is 4.73. The predicted molar refractivity (Wildman–Crippen MR) is 122 cm³/mol. The third-order valence-corrected chi connectivity index (χ3v) is 5.49. The van der Waals surface area contributed by atoms with Crippen LogP contribution in [0, 0.1) is 5.92 Å². The highest BCUT2D eigenvalue weighted by Crippen LogP contribution is 2.26. The summed E-state index contributed by atoms with van der Waals surface area (Å²) < 4.78 is 6.03. The Bertz CT molecular complexity index is 1370. The molecule has 32 heavy (non-hydrogen) atoms. The summed E-state index contributed by atoms with van der Waals surface area (Å²) in [5.41, 5.74) is 1.53. The Balaban J connectivity index is 1.64. The van der Waals surface area contributed by atoms with E-state index < -0.39 is 11.9 Å². The zero-order chi connectivity index (χ0) is 22.8. The molecule has 2 N–H and O–H groups in total. The standard InChI is InChI=1S/C22H21N5O4S/c1-12(2)10-27-20(29)15-7-5-4-6-14(15)18(26-27)19(28)25-22-24-17(11-32-22)13-8-16(23-9-13)21(30)31-3/h4-9,11-12,23H,10H2,1-3H3,(H,24,25,28). The molecule has 0 aliphatic carbocycles. The Hall–Kier alpha value is -3.79. The molecule has 0 saturated carbocycles. The van der Waals surface area contributed by atoms with Crippen molar-refractivity contribution < 1.29 is 14.3 Å². The van der Waals surface area contributed by atoms with Crippen LogP contribution in [0.15, 0.2) is 46.7 Å². The summed E-state index contributed by atoms with van der Waals surface area (Å²) in [6.45, 7) is 4.36. The lowest BCUT2D eigenvalue weighted by Crippen LogP contribution is -2.29. The third kappa shape index (κ3) is 4.17. The van der Waals surface area contributed by atoms with Gasteiger partial charge in [-0.3, -0.25) is 14.9 Å². The van der Waals surface area contributed by atoms with Crippen molar-refractivity contribution in [3.63, 3.8) is 0 Å². The van der Waals surface area contributed by atoms with E-state index in [-0.39, 0.29) is 17.2 Å². The molecular weight excluding hydrogens is 430 g/mol. The van der Waals surface area contributed by atoms with E-state index in [0.29, 0.717) is 39.4 Å². The van der Waals surface area contributed by atoms with Gasteiger partial charge < -0.3 is 9.72 Å². The van der Waals surface area contributed by atoms with Crippen molar-refractivity contribution >= 4 is 39.1 Å². The number of nitrogens with one attached hydrogen (secondary N) is 2. The van der Waals surface area contributed by atoms with E-state index in [1.807, 2.05) is 13.8 Å². The minimum atomic E-state index is -0.477. The van der Waals surface area contributed by atoms with Gasteiger partial charge in [-0.15, -0.1) is 11.3 Å². The van der Waals surface area contributed by atoms with E-state index in [4.69, 9.17) is 4.74 Å². The van der Waals surface area contributed by atoms with Gasteiger partial charge in [0.1, 0.15) is 5.69 Å². The number of methoxy groups -OCH3 is 1. The molecule has 0 unspecified atom stereocenters. The average molecular weight is 452 g/mol. The fourth-order valence-electron chi connectivity index (χ4n) is 3.26. The van der Waals surface area contributed by atoms with Crippen molar-refractivity contribution in [1.82, 2.24) is 19.7 Å². The molecule has 9 nitrogen and oxygen atoms in total. The van der Waals surface area contributed by atoms with Crippen molar-refractivity contribution in [3.8, 4) is 11.3 Å². The molecule has 0 spiro atoms. The summed E-state index contributed by atoms with van der Waals surface area (Å²) in [7, 11) is 1.31. The van der Waals surface area contributed by atoms with Gasteiger partial charge >= 0.3 is 5.97 Å². The highest BCUT2D eigenvalue weighted by molar-refractivity contribution is 7.14. The second-order valence-electron chi connectivity index (χ2n) is 7.56. The molecule has 4 aromatic rings. The Morgan fingerprint density at radius 2 is 2.00 bits per heavy atom. The van der Waals surface area contributed by atoms with Crippen LogP contribution in [0.1, 0.15) is 34.8 Å². The largest absolute Gasteiger partial charge is 0.464 e. The zero-order valence-corrected chi connectivity index (χ0v) is 18.5. The number of hydrogen-bond acceptors (Lipinski definition) is 7. The number of H-pyrrole nitrogens is 1. The van der Waals surface area contributed by atoms with E-state index in [1.54, 1.807) is 41.9 Å². The Labute approximate surface area is 187 Å². The van der Waals surface area contributed by atoms with Crippen LogP contribution < -0.4 is 10.9 Å². The van der Waals surface area contributed by atoms with Gasteiger partial charge in [0, 0.05) is 29.1 Å². The van der Waals surface area contributed by atoms with Gasteiger partial charge in [0.05, 0.1) is 18.2 Å². The van der Waals surface area contributed by atoms with Gasteiger partial charge in [-0.25, -0.2) is 14.5 Å². The van der Waals surface area contributed by atoms with Gasteiger partial charge in [-0.2, -0.15) is 5.10 Å². The minimum absolute atomic E-state index is 0.159. The summed E-state index contributed by atoms with van der Waals surface area (Å²) in [4.78, 5) is 44.7. The maximum absolute atomic E-state index is 13.1. The van der Waals surface area contributed by atoms with Crippen molar-refractivity contribution in [3.05, 3.63) is 63.7 Å². The first-order valence-corrected chi connectivity index (χ1v) is 10.8. The molecule has 164 valence electrons. The number of anilines is 1. The molecule has 3 heterocycles. The molecule has 0 aliphatic rings. The Kier molecular flexibility index (Phi) is 5.87. The number of amides is 1. The lowest BCUT2D eigenvalue weighted by molar-refractivity contribution is 0.0594. The number of fused-ring (bicyclic) bond motifs is 1. The molecule has 1 amide bonds. The molecule has 0 saturated heterocycles. The number of ether oxygens (including phenoxy) is 1. The number of hydrogen-bond donors (Lipinski definition) is 2. The van der Waals surface area contributed by atoms with Crippen LogP contribution in [0.5, 0.6) is 0 Å². The van der Waals surface area contributed by atoms with Crippen LogP contribution in [-0.4, -0.2) is 38.7 Å². The molecule has 0 fully saturated rings. The van der Waals surface area contributed by atoms with E-state index >= 15 is 0 Å². The summed E-state index contributed by atoms with van der Waals surface area (Å²) in [6.07, 6.45) is 1.64. The average Bonchev–Trinajstić information content (AvgIpc) is 3.44. The second-order valence-corrected chi connectivity index (χ2v) is 8.42. The van der Waals surface area contributed by atoms with Crippen LogP contribution in [0.4, 0.5) is 5.13 Å². The minimum Gasteiger partial charge on any atom is -0.464 e. The Morgan fingerprint density at radius 3 is 2.72 bits per heavy atom. The zero-order valence-electron chi connectivity index (χ0n) is 17.7. The van der Waals surface area contributed by atoms with Gasteiger partial charge in [0.25, 0.3) is 11.5 Å². The number of carbonyl (C=O) groups excluding carboxylic acids is 2.